The molecule has 4 N–H and O–H groups in total. The number of carbonyl (C=O) groups is 2. The zero-order chi connectivity index (χ0) is 31.9. The standard InChI is InChI=1S/C32H42N4O6S2/c1-5-34-23(4)26(13-11-21(2)22(3)33)29-31-30(27(40-29)14-12-25(38)19-24-9-7-6-8-10-24)42-32(39)36-16-18-44-43-17-15-35-28(20-37)41-31/h5-11,13,23,27,29-31,35H,3,12,14-19,33H2,1-2,4H3,(H,36,39)/b21-11+,26-13+,34-5?. The summed E-state index contributed by atoms with van der Waals surface area (Å²) in [6.45, 7) is 10.2. The monoisotopic (exact) mass is 642 g/mol. The summed E-state index contributed by atoms with van der Waals surface area (Å²) >= 11 is 0. The molecule has 2 fully saturated rings. The molecule has 0 aliphatic carbocycles. The predicted octanol–water partition coefficient (Wildman–Crippen LogP) is 4.31. The highest BCUT2D eigenvalue weighted by molar-refractivity contribution is 8.76. The van der Waals surface area contributed by atoms with Crippen LogP contribution in [0.25, 0.3) is 0 Å². The molecule has 3 rings (SSSR count). The Labute approximate surface area is 267 Å². The van der Waals surface area contributed by atoms with E-state index in [0.717, 1.165) is 11.1 Å². The molecule has 0 spiro atoms. The van der Waals surface area contributed by atoms with Crippen molar-refractivity contribution < 1.29 is 28.6 Å². The number of hydrogen-bond acceptors (Lipinski definition) is 11. The van der Waals surface area contributed by atoms with E-state index in [4.69, 9.17) is 19.9 Å². The van der Waals surface area contributed by atoms with Gasteiger partial charge in [-0.3, -0.25) is 9.79 Å². The van der Waals surface area contributed by atoms with Crippen LogP contribution < -0.4 is 16.4 Å². The van der Waals surface area contributed by atoms with Gasteiger partial charge in [0.2, 0.25) is 0 Å². The van der Waals surface area contributed by atoms with Crippen LogP contribution in [0.2, 0.25) is 0 Å². The van der Waals surface area contributed by atoms with E-state index in [0.29, 0.717) is 35.9 Å². The van der Waals surface area contributed by atoms with Gasteiger partial charge in [0.25, 0.3) is 5.88 Å². The molecule has 44 heavy (non-hydrogen) atoms. The second-order valence-corrected chi connectivity index (χ2v) is 13.0. The van der Waals surface area contributed by atoms with Crippen LogP contribution in [-0.2, 0) is 30.2 Å². The van der Waals surface area contributed by atoms with Gasteiger partial charge in [0.15, 0.2) is 18.1 Å². The Hall–Kier alpha value is -3.44. The first-order valence-corrected chi connectivity index (χ1v) is 17.1. The van der Waals surface area contributed by atoms with E-state index >= 15 is 0 Å². The quantitative estimate of drug-likeness (QED) is 0.146. The van der Waals surface area contributed by atoms with Crippen LogP contribution in [-0.4, -0.2) is 79.1 Å². The topological polar surface area (TPSA) is 141 Å². The smallest absolute Gasteiger partial charge is 0.407 e. The number of fused-ring (bicyclic) bond motifs is 1. The van der Waals surface area contributed by atoms with Crippen molar-refractivity contribution in [3.05, 3.63) is 77.4 Å². The normalized spacial score (nSPS) is 24.5. The Morgan fingerprint density at radius 1 is 1.16 bits per heavy atom. The molecule has 238 valence electrons. The fourth-order valence-corrected chi connectivity index (χ4v) is 6.56. The van der Waals surface area contributed by atoms with Crippen molar-refractivity contribution in [1.29, 1.82) is 0 Å². The van der Waals surface area contributed by atoms with Crippen molar-refractivity contribution in [3.63, 3.8) is 0 Å². The molecule has 2 aliphatic heterocycles. The number of ketones is 1. The van der Waals surface area contributed by atoms with E-state index in [1.807, 2.05) is 69.2 Å². The summed E-state index contributed by atoms with van der Waals surface area (Å²) in [5.41, 5.74) is 8.69. The first-order valence-electron chi connectivity index (χ1n) is 14.6. The minimum absolute atomic E-state index is 0.0236. The average molecular weight is 643 g/mol. The van der Waals surface area contributed by atoms with Crippen LogP contribution in [0.5, 0.6) is 0 Å². The molecule has 2 saturated heterocycles. The largest absolute Gasteiger partial charge is 0.461 e. The molecule has 1 aromatic carbocycles. The zero-order valence-corrected chi connectivity index (χ0v) is 27.1. The predicted molar refractivity (Wildman–Crippen MR) is 177 cm³/mol. The van der Waals surface area contributed by atoms with E-state index in [1.165, 1.54) is 0 Å². The van der Waals surface area contributed by atoms with Crippen molar-refractivity contribution in [3.8, 4) is 0 Å². The molecule has 2 heterocycles. The van der Waals surface area contributed by atoms with Crippen LogP contribution in [0.15, 0.2) is 76.8 Å². The SMILES string of the molecule is C=C(N)/C(C)=C/C=C(\C(C)N=CC)C1OC(CCC(=O)Cc2ccccc2)C2OC(=O)NCCSSCCNC(=C=O)OC12. The van der Waals surface area contributed by atoms with Gasteiger partial charge in [0, 0.05) is 43.1 Å². The highest BCUT2D eigenvalue weighted by atomic mass is 33.1. The number of rotatable bonds is 10. The zero-order valence-electron chi connectivity index (χ0n) is 25.5. The van der Waals surface area contributed by atoms with E-state index in [9.17, 15) is 14.4 Å². The lowest BCUT2D eigenvalue weighted by atomic mass is 9.94. The maximum absolute atomic E-state index is 13.0. The van der Waals surface area contributed by atoms with Gasteiger partial charge in [-0.25, -0.2) is 9.59 Å². The molecule has 0 aromatic heterocycles. The molecule has 1 amide bonds. The molecule has 0 radical (unpaired) electrons. The summed E-state index contributed by atoms with van der Waals surface area (Å²) in [4.78, 5) is 42.5. The summed E-state index contributed by atoms with van der Waals surface area (Å²) < 4.78 is 18.8. The third kappa shape index (κ3) is 10.9. The Morgan fingerprint density at radius 2 is 1.86 bits per heavy atom. The number of hydrogen-bond donors (Lipinski definition) is 3. The van der Waals surface area contributed by atoms with Gasteiger partial charge < -0.3 is 30.6 Å². The molecule has 5 unspecified atom stereocenters. The molecular weight excluding hydrogens is 601 g/mol. The molecule has 0 bridgehead atoms. The minimum atomic E-state index is -0.949. The number of alkyl carbamates (subject to hydrolysis) is 1. The number of ether oxygens (including phenoxy) is 3. The van der Waals surface area contributed by atoms with Crippen LogP contribution in [0.3, 0.4) is 0 Å². The number of nitrogens with one attached hydrogen (secondary N) is 2. The van der Waals surface area contributed by atoms with Gasteiger partial charge >= 0.3 is 6.09 Å². The third-order valence-electron chi connectivity index (χ3n) is 7.08. The fourth-order valence-electron chi connectivity index (χ4n) is 4.75. The molecule has 0 saturated carbocycles. The van der Waals surface area contributed by atoms with Gasteiger partial charge in [0.1, 0.15) is 11.9 Å². The van der Waals surface area contributed by atoms with Crippen LogP contribution >= 0.6 is 21.6 Å². The molecule has 2 aliphatic rings. The van der Waals surface area contributed by atoms with Crippen molar-refractivity contribution in [2.24, 2.45) is 10.7 Å². The van der Waals surface area contributed by atoms with Crippen molar-refractivity contribution in [2.45, 2.75) is 70.5 Å². The lowest BCUT2D eigenvalue weighted by molar-refractivity contribution is -0.119. The maximum Gasteiger partial charge on any atom is 0.407 e. The van der Waals surface area contributed by atoms with Gasteiger partial charge in [-0.2, -0.15) is 0 Å². The van der Waals surface area contributed by atoms with E-state index in [1.54, 1.807) is 27.8 Å². The second kappa shape index (κ2) is 18.4. The molecule has 5 atom stereocenters. The summed E-state index contributed by atoms with van der Waals surface area (Å²) in [6, 6.07) is 9.14. The van der Waals surface area contributed by atoms with Crippen LogP contribution in [0, 0.1) is 0 Å². The number of carbonyl (C=O) groups excluding carboxylic acids is 3. The lowest BCUT2D eigenvalue weighted by Crippen LogP contribution is -2.44. The second-order valence-electron chi connectivity index (χ2n) is 10.3. The third-order valence-corrected chi connectivity index (χ3v) is 9.48. The number of Topliss-reactive ketones (excluding diaryl/α,β-unsaturated/α-hetero) is 1. The van der Waals surface area contributed by atoms with E-state index in [2.05, 4.69) is 22.2 Å². The van der Waals surface area contributed by atoms with Gasteiger partial charge in [-0.05, 0) is 50.1 Å². The van der Waals surface area contributed by atoms with Gasteiger partial charge in [0.05, 0.1) is 12.1 Å². The highest BCUT2D eigenvalue weighted by Gasteiger charge is 2.51. The van der Waals surface area contributed by atoms with Crippen molar-refractivity contribution >= 4 is 45.6 Å². The minimum Gasteiger partial charge on any atom is -0.461 e. The van der Waals surface area contributed by atoms with E-state index < -0.39 is 30.5 Å². The summed E-state index contributed by atoms with van der Waals surface area (Å²) in [5.74, 6) is 3.12. The fraction of sp³-hybridized carbons (Fsp3) is 0.469. The molecular formula is C32H42N4O6S2. The Balaban J connectivity index is 2.01. The first kappa shape index (κ1) is 35.0. The number of nitrogens with two attached hydrogens (primary N) is 1. The Morgan fingerprint density at radius 3 is 2.52 bits per heavy atom. The van der Waals surface area contributed by atoms with Crippen molar-refractivity contribution in [2.75, 3.05) is 24.6 Å². The summed E-state index contributed by atoms with van der Waals surface area (Å²) in [6.07, 6.45) is 2.05. The lowest BCUT2D eigenvalue weighted by Gasteiger charge is -2.28. The van der Waals surface area contributed by atoms with Gasteiger partial charge in [-0.15, -0.1) is 0 Å². The molecule has 12 heteroatoms. The number of amides is 1. The highest BCUT2D eigenvalue weighted by Crippen LogP contribution is 2.36. The van der Waals surface area contributed by atoms with Crippen LogP contribution in [0.4, 0.5) is 4.79 Å². The number of benzene rings is 1. The average Bonchev–Trinajstić information content (AvgIpc) is 3.32. The molecule has 1 aromatic rings. The van der Waals surface area contributed by atoms with Crippen LogP contribution in [0.1, 0.15) is 39.2 Å². The summed E-state index contributed by atoms with van der Waals surface area (Å²) in [5, 5.41) is 5.79. The van der Waals surface area contributed by atoms with Gasteiger partial charge in [-0.1, -0.05) is 70.7 Å². The summed E-state index contributed by atoms with van der Waals surface area (Å²) in [7, 11) is 3.21. The number of allylic oxidation sites excluding steroid dienone is 3. The molecule has 10 nitrogen and oxygen atoms in total. The Bertz CT molecular complexity index is 1280. The number of nitrogens with zero attached hydrogens (tertiary/aromatic N) is 1. The van der Waals surface area contributed by atoms with E-state index in [-0.39, 0.29) is 37.0 Å². The maximum atomic E-state index is 13.0. The van der Waals surface area contributed by atoms with Crippen molar-refractivity contribution in [1.82, 2.24) is 10.6 Å². The first-order chi connectivity index (χ1) is 21.2. The Kier molecular flexibility index (Phi) is 14.6. The number of aliphatic imine (C=N–C) groups is 1.